The summed E-state index contributed by atoms with van der Waals surface area (Å²) in [4.78, 5) is 5.01. The lowest BCUT2D eigenvalue weighted by molar-refractivity contribution is 0.102. The monoisotopic (exact) mass is 276 g/mol. The molecule has 1 heterocycles. The Bertz CT molecular complexity index is 382. The smallest absolute Gasteiger partial charge is 0.0802 e. The highest BCUT2D eigenvalue weighted by atomic mass is 16.3. The summed E-state index contributed by atoms with van der Waals surface area (Å²) < 4.78 is 0. The first-order valence-corrected chi connectivity index (χ1v) is 7.88. The molecule has 0 saturated carbocycles. The van der Waals surface area contributed by atoms with Crippen molar-refractivity contribution >= 4 is 0 Å². The minimum atomic E-state index is -0.329. The van der Waals surface area contributed by atoms with Crippen molar-refractivity contribution in [3.05, 3.63) is 35.4 Å². The molecule has 0 aromatic heterocycles. The fourth-order valence-electron chi connectivity index (χ4n) is 2.81. The van der Waals surface area contributed by atoms with Crippen LogP contribution in [0.1, 0.15) is 37.0 Å². The molecule has 0 bridgehead atoms. The Labute approximate surface area is 123 Å². The van der Waals surface area contributed by atoms with Gasteiger partial charge in [-0.2, -0.15) is 0 Å². The van der Waals surface area contributed by atoms with Crippen LogP contribution in [0.3, 0.4) is 0 Å². The van der Waals surface area contributed by atoms with Crippen molar-refractivity contribution in [1.29, 1.82) is 0 Å². The molecule has 1 atom stereocenters. The minimum Gasteiger partial charge on any atom is -0.388 e. The molecule has 1 N–H and O–H groups in total. The van der Waals surface area contributed by atoms with E-state index in [9.17, 15) is 5.11 Å². The molecule has 0 aliphatic carbocycles. The number of rotatable bonds is 6. The zero-order chi connectivity index (χ0) is 14.4. The second-order valence-electron chi connectivity index (χ2n) is 5.90. The molecule has 3 nitrogen and oxygen atoms in total. The van der Waals surface area contributed by atoms with Gasteiger partial charge in [-0.05, 0) is 31.9 Å². The van der Waals surface area contributed by atoms with Crippen LogP contribution in [0.2, 0.25) is 0 Å². The van der Waals surface area contributed by atoms with E-state index in [2.05, 4.69) is 35.8 Å². The first kappa shape index (κ1) is 15.5. The summed E-state index contributed by atoms with van der Waals surface area (Å²) in [7, 11) is 0. The number of nitrogens with zero attached hydrogens (tertiary/aromatic N) is 2. The number of aryl methyl sites for hydroxylation is 1. The van der Waals surface area contributed by atoms with Crippen molar-refractivity contribution in [2.75, 3.05) is 39.3 Å². The van der Waals surface area contributed by atoms with Gasteiger partial charge < -0.3 is 14.9 Å². The highest BCUT2D eigenvalue weighted by molar-refractivity contribution is 5.23. The average molecular weight is 276 g/mol. The normalized spacial score (nSPS) is 19.1. The van der Waals surface area contributed by atoms with Gasteiger partial charge in [-0.1, -0.05) is 36.8 Å². The Morgan fingerprint density at radius 2 is 1.55 bits per heavy atom. The van der Waals surface area contributed by atoms with Crippen molar-refractivity contribution < 1.29 is 5.11 Å². The topological polar surface area (TPSA) is 26.7 Å². The summed E-state index contributed by atoms with van der Waals surface area (Å²) in [5.41, 5.74) is 2.29. The Kier molecular flexibility index (Phi) is 6.02. The van der Waals surface area contributed by atoms with Crippen LogP contribution < -0.4 is 0 Å². The Morgan fingerprint density at radius 1 is 1.00 bits per heavy atom. The van der Waals surface area contributed by atoms with Crippen molar-refractivity contribution in [3.63, 3.8) is 0 Å². The van der Waals surface area contributed by atoms with E-state index in [1.807, 2.05) is 12.1 Å². The number of aliphatic hydroxyl groups is 1. The Balaban J connectivity index is 1.71. The molecule has 1 aromatic carbocycles. The summed E-state index contributed by atoms with van der Waals surface area (Å²) >= 11 is 0. The second-order valence-corrected chi connectivity index (χ2v) is 5.90. The van der Waals surface area contributed by atoms with Gasteiger partial charge in [0.05, 0.1) is 6.10 Å². The van der Waals surface area contributed by atoms with Gasteiger partial charge in [0.1, 0.15) is 0 Å². The summed E-state index contributed by atoms with van der Waals surface area (Å²) in [6.45, 7) is 11.2. The van der Waals surface area contributed by atoms with E-state index < -0.39 is 0 Å². The van der Waals surface area contributed by atoms with Gasteiger partial charge in [0.2, 0.25) is 0 Å². The quantitative estimate of drug-likeness (QED) is 0.864. The molecule has 1 unspecified atom stereocenters. The second kappa shape index (κ2) is 7.77. The van der Waals surface area contributed by atoms with E-state index in [0.717, 1.165) is 31.6 Å². The molecule has 1 aromatic rings. The van der Waals surface area contributed by atoms with E-state index >= 15 is 0 Å². The van der Waals surface area contributed by atoms with Crippen LogP contribution in [0.5, 0.6) is 0 Å². The third-order valence-corrected chi connectivity index (χ3v) is 4.19. The molecule has 1 fully saturated rings. The first-order chi connectivity index (χ1) is 9.69. The minimum absolute atomic E-state index is 0.329. The number of hydrogen-bond acceptors (Lipinski definition) is 3. The summed E-state index contributed by atoms with van der Waals surface area (Å²) in [6, 6.07) is 8.22. The van der Waals surface area contributed by atoms with Gasteiger partial charge >= 0.3 is 0 Å². The fourth-order valence-corrected chi connectivity index (χ4v) is 2.81. The average Bonchev–Trinajstić information content (AvgIpc) is 2.47. The molecule has 0 spiro atoms. The third kappa shape index (κ3) is 4.58. The van der Waals surface area contributed by atoms with Crippen molar-refractivity contribution in [2.24, 2.45) is 0 Å². The largest absolute Gasteiger partial charge is 0.388 e. The fraction of sp³-hybridized carbons (Fsp3) is 0.647. The van der Waals surface area contributed by atoms with Crippen LogP contribution in [0.15, 0.2) is 24.3 Å². The molecule has 3 heteroatoms. The van der Waals surface area contributed by atoms with Crippen LogP contribution >= 0.6 is 0 Å². The van der Waals surface area contributed by atoms with Crippen LogP contribution in [-0.2, 0) is 0 Å². The van der Waals surface area contributed by atoms with Gasteiger partial charge in [-0.25, -0.2) is 0 Å². The Morgan fingerprint density at radius 3 is 2.10 bits per heavy atom. The maximum atomic E-state index is 10.2. The first-order valence-electron chi connectivity index (χ1n) is 7.88. The van der Waals surface area contributed by atoms with E-state index in [-0.39, 0.29) is 6.10 Å². The number of piperazine rings is 1. The lowest BCUT2D eigenvalue weighted by atomic mass is 10.0. The van der Waals surface area contributed by atoms with Crippen molar-refractivity contribution in [1.82, 2.24) is 9.80 Å². The lowest BCUT2D eigenvalue weighted by Gasteiger charge is -2.34. The van der Waals surface area contributed by atoms with E-state index in [1.54, 1.807) is 0 Å². The van der Waals surface area contributed by atoms with Gasteiger partial charge in [0.15, 0.2) is 0 Å². The molecular formula is C17H28N2O. The molecule has 0 radical (unpaired) electrons. The highest BCUT2D eigenvalue weighted by Gasteiger charge is 2.17. The van der Waals surface area contributed by atoms with Crippen molar-refractivity contribution in [2.45, 2.75) is 32.8 Å². The molecule has 1 saturated heterocycles. The van der Waals surface area contributed by atoms with Crippen LogP contribution in [0.4, 0.5) is 0 Å². The summed E-state index contributed by atoms with van der Waals surface area (Å²) in [5, 5.41) is 10.2. The summed E-state index contributed by atoms with van der Waals surface area (Å²) in [5.74, 6) is 0. The van der Waals surface area contributed by atoms with Crippen LogP contribution in [-0.4, -0.2) is 54.2 Å². The SMILES string of the molecule is CCCN1CCN(CCC(O)c2ccc(C)cc2)CC1. The third-order valence-electron chi connectivity index (χ3n) is 4.19. The molecule has 0 amide bonds. The molecule has 20 heavy (non-hydrogen) atoms. The predicted molar refractivity (Wildman–Crippen MR) is 83.9 cm³/mol. The lowest BCUT2D eigenvalue weighted by Crippen LogP contribution is -2.46. The van der Waals surface area contributed by atoms with Crippen LogP contribution in [0, 0.1) is 6.92 Å². The van der Waals surface area contributed by atoms with Crippen molar-refractivity contribution in [3.8, 4) is 0 Å². The highest BCUT2D eigenvalue weighted by Crippen LogP contribution is 2.18. The van der Waals surface area contributed by atoms with Gasteiger partial charge in [-0.3, -0.25) is 0 Å². The number of hydrogen-bond donors (Lipinski definition) is 1. The molecule has 112 valence electrons. The molecule has 1 aliphatic rings. The van der Waals surface area contributed by atoms with Gasteiger partial charge in [-0.15, -0.1) is 0 Å². The maximum absolute atomic E-state index is 10.2. The predicted octanol–water partition coefficient (Wildman–Crippen LogP) is 2.45. The molecular weight excluding hydrogens is 248 g/mol. The van der Waals surface area contributed by atoms with Gasteiger partial charge in [0, 0.05) is 32.7 Å². The summed E-state index contributed by atoms with van der Waals surface area (Å²) in [6.07, 6.45) is 1.74. The number of benzene rings is 1. The van der Waals surface area contributed by atoms with Crippen LogP contribution in [0.25, 0.3) is 0 Å². The van der Waals surface area contributed by atoms with E-state index in [4.69, 9.17) is 0 Å². The zero-order valence-corrected chi connectivity index (χ0v) is 12.9. The van der Waals surface area contributed by atoms with E-state index in [1.165, 1.54) is 31.6 Å². The standard InChI is InChI=1S/C17H28N2O/c1-3-9-18-11-13-19(14-12-18)10-8-17(20)16-6-4-15(2)5-7-16/h4-7,17,20H,3,8-14H2,1-2H3. The van der Waals surface area contributed by atoms with Gasteiger partial charge in [0.25, 0.3) is 0 Å². The number of aliphatic hydroxyl groups excluding tert-OH is 1. The maximum Gasteiger partial charge on any atom is 0.0802 e. The molecule has 2 rings (SSSR count). The zero-order valence-electron chi connectivity index (χ0n) is 12.9. The Hall–Kier alpha value is -0.900. The van der Waals surface area contributed by atoms with E-state index in [0.29, 0.717) is 0 Å². The molecule has 1 aliphatic heterocycles.